The molecule has 0 aliphatic carbocycles. The van der Waals surface area contributed by atoms with Crippen LogP contribution in [0.5, 0.6) is 0 Å². The molecule has 3 nitrogen and oxygen atoms in total. The first-order valence-electron chi connectivity index (χ1n) is 8.80. The Morgan fingerprint density at radius 1 is 1.22 bits per heavy atom. The smallest absolute Gasteiger partial charge is 0.222 e. The molecule has 126 valence electrons. The molecule has 0 spiro atoms. The predicted octanol–water partition coefficient (Wildman–Crippen LogP) is 3.42. The molecule has 2 fully saturated rings. The van der Waals surface area contributed by atoms with Gasteiger partial charge < -0.3 is 9.64 Å². The number of hydrogen-bond acceptors (Lipinski definition) is 2. The van der Waals surface area contributed by atoms with Crippen LogP contribution in [-0.2, 0) is 16.0 Å². The zero-order chi connectivity index (χ0) is 16.1. The summed E-state index contributed by atoms with van der Waals surface area (Å²) in [7, 11) is 0. The molecule has 0 unspecified atom stereocenters. The number of ether oxygens (including phenoxy) is 1. The van der Waals surface area contributed by atoms with E-state index in [0.717, 1.165) is 64.0 Å². The van der Waals surface area contributed by atoms with E-state index in [9.17, 15) is 9.18 Å². The molecule has 1 aromatic carbocycles. The molecule has 2 aliphatic heterocycles. The third-order valence-corrected chi connectivity index (χ3v) is 5.17. The van der Waals surface area contributed by atoms with Crippen molar-refractivity contribution in [1.82, 2.24) is 4.90 Å². The van der Waals surface area contributed by atoms with Gasteiger partial charge in [-0.2, -0.15) is 0 Å². The molecule has 1 amide bonds. The highest BCUT2D eigenvalue weighted by Crippen LogP contribution is 2.24. The molecule has 1 atom stereocenters. The van der Waals surface area contributed by atoms with Crippen molar-refractivity contribution in [2.45, 2.75) is 38.5 Å². The van der Waals surface area contributed by atoms with E-state index in [-0.39, 0.29) is 5.82 Å². The molecule has 2 saturated heterocycles. The monoisotopic (exact) mass is 319 g/mol. The molecular formula is C19H26FNO2. The van der Waals surface area contributed by atoms with Crippen LogP contribution in [0.3, 0.4) is 0 Å². The van der Waals surface area contributed by atoms with Gasteiger partial charge in [-0.15, -0.1) is 0 Å². The minimum atomic E-state index is -0.161. The fourth-order valence-electron chi connectivity index (χ4n) is 3.68. The summed E-state index contributed by atoms with van der Waals surface area (Å²) in [6.07, 6.45) is 5.68. The van der Waals surface area contributed by atoms with Crippen molar-refractivity contribution < 1.29 is 13.9 Å². The van der Waals surface area contributed by atoms with Crippen LogP contribution in [0.4, 0.5) is 4.39 Å². The van der Waals surface area contributed by atoms with E-state index >= 15 is 0 Å². The number of halogens is 1. The van der Waals surface area contributed by atoms with Crippen molar-refractivity contribution >= 4 is 5.91 Å². The van der Waals surface area contributed by atoms with E-state index in [1.807, 2.05) is 11.0 Å². The predicted molar refractivity (Wildman–Crippen MR) is 87.6 cm³/mol. The van der Waals surface area contributed by atoms with Crippen molar-refractivity contribution in [2.24, 2.45) is 11.8 Å². The first-order chi connectivity index (χ1) is 11.2. The summed E-state index contributed by atoms with van der Waals surface area (Å²) in [5.41, 5.74) is 1.07. The van der Waals surface area contributed by atoms with Gasteiger partial charge in [0, 0.05) is 32.7 Å². The van der Waals surface area contributed by atoms with Crippen molar-refractivity contribution in [3.63, 3.8) is 0 Å². The topological polar surface area (TPSA) is 29.5 Å². The maximum atomic E-state index is 13.2. The fraction of sp³-hybridized carbons (Fsp3) is 0.632. The van der Waals surface area contributed by atoms with Gasteiger partial charge in [0.2, 0.25) is 5.91 Å². The van der Waals surface area contributed by atoms with Crippen molar-refractivity contribution in [3.05, 3.63) is 35.6 Å². The quantitative estimate of drug-likeness (QED) is 0.832. The lowest BCUT2D eigenvalue weighted by molar-refractivity contribution is -0.132. The van der Waals surface area contributed by atoms with Gasteiger partial charge in [0.15, 0.2) is 0 Å². The number of carbonyl (C=O) groups is 1. The van der Waals surface area contributed by atoms with Crippen LogP contribution in [0.15, 0.2) is 24.3 Å². The number of rotatable bonds is 5. The summed E-state index contributed by atoms with van der Waals surface area (Å²) in [6.45, 7) is 3.37. The van der Waals surface area contributed by atoms with E-state index in [2.05, 4.69) is 0 Å². The minimum Gasteiger partial charge on any atom is -0.381 e. The number of benzene rings is 1. The number of hydrogen-bond donors (Lipinski definition) is 0. The molecule has 1 aromatic rings. The van der Waals surface area contributed by atoms with Crippen LogP contribution in [-0.4, -0.2) is 37.1 Å². The molecule has 0 radical (unpaired) electrons. The zero-order valence-electron chi connectivity index (χ0n) is 13.7. The summed E-state index contributed by atoms with van der Waals surface area (Å²) in [5.74, 6) is 1.26. The molecule has 0 bridgehead atoms. The lowest BCUT2D eigenvalue weighted by Gasteiger charge is -2.32. The van der Waals surface area contributed by atoms with E-state index in [0.29, 0.717) is 24.2 Å². The highest BCUT2D eigenvalue weighted by molar-refractivity contribution is 5.76. The average Bonchev–Trinajstić information content (AvgIpc) is 3.07. The van der Waals surface area contributed by atoms with Crippen LogP contribution in [0, 0.1) is 17.7 Å². The molecule has 2 aliphatic rings. The molecule has 0 N–H and O–H groups in total. The van der Waals surface area contributed by atoms with Crippen LogP contribution < -0.4 is 0 Å². The number of amides is 1. The van der Waals surface area contributed by atoms with E-state index in [1.54, 1.807) is 12.1 Å². The summed E-state index contributed by atoms with van der Waals surface area (Å²) in [5, 5.41) is 0. The summed E-state index contributed by atoms with van der Waals surface area (Å²) < 4.78 is 18.6. The Kier molecular flexibility index (Phi) is 5.65. The van der Waals surface area contributed by atoms with Crippen LogP contribution in [0.25, 0.3) is 0 Å². The molecular weight excluding hydrogens is 293 g/mol. The Balaban J connectivity index is 1.40. The van der Waals surface area contributed by atoms with Gasteiger partial charge in [-0.25, -0.2) is 4.39 Å². The van der Waals surface area contributed by atoms with E-state index in [1.165, 1.54) is 6.07 Å². The van der Waals surface area contributed by atoms with Gasteiger partial charge in [0.05, 0.1) is 0 Å². The first kappa shape index (κ1) is 16.4. The lowest BCUT2D eigenvalue weighted by Crippen LogP contribution is -2.39. The fourth-order valence-corrected chi connectivity index (χ4v) is 3.68. The highest BCUT2D eigenvalue weighted by Gasteiger charge is 2.24. The Morgan fingerprint density at radius 3 is 2.74 bits per heavy atom. The second kappa shape index (κ2) is 7.91. The average molecular weight is 319 g/mol. The number of piperidine rings is 1. The highest BCUT2D eigenvalue weighted by atomic mass is 19.1. The van der Waals surface area contributed by atoms with Gasteiger partial charge >= 0.3 is 0 Å². The zero-order valence-corrected chi connectivity index (χ0v) is 13.7. The maximum absolute atomic E-state index is 13.2. The maximum Gasteiger partial charge on any atom is 0.222 e. The van der Waals surface area contributed by atoms with Gasteiger partial charge in [-0.3, -0.25) is 4.79 Å². The van der Waals surface area contributed by atoms with Crippen LogP contribution in [0.1, 0.15) is 37.7 Å². The first-order valence-corrected chi connectivity index (χ1v) is 8.80. The Labute approximate surface area is 137 Å². The second-order valence-corrected chi connectivity index (χ2v) is 6.93. The standard InChI is InChI=1S/C19H26FNO2/c20-18-3-1-2-17(13-18)12-15-6-9-21(10-7-15)19(22)5-4-16-8-11-23-14-16/h1-3,13,15-16H,4-12,14H2/t16-/m0/s1. The molecule has 3 rings (SSSR count). The SMILES string of the molecule is O=C(CC[C@H]1CCOC1)N1CCC(Cc2cccc(F)c2)CC1. The third kappa shape index (κ3) is 4.77. The van der Waals surface area contributed by atoms with Crippen molar-refractivity contribution in [3.8, 4) is 0 Å². The van der Waals surface area contributed by atoms with Gasteiger partial charge in [0.1, 0.15) is 5.82 Å². The largest absolute Gasteiger partial charge is 0.381 e. The minimum absolute atomic E-state index is 0.161. The lowest BCUT2D eigenvalue weighted by atomic mass is 9.90. The molecule has 2 heterocycles. The van der Waals surface area contributed by atoms with Gasteiger partial charge in [0.25, 0.3) is 0 Å². The van der Waals surface area contributed by atoms with E-state index < -0.39 is 0 Å². The number of nitrogens with zero attached hydrogens (tertiary/aromatic N) is 1. The summed E-state index contributed by atoms with van der Waals surface area (Å²) >= 11 is 0. The second-order valence-electron chi connectivity index (χ2n) is 6.93. The normalized spacial score (nSPS) is 22.5. The van der Waals surface area contributed by atoms with Crippen molar-refractivity contribution in [1.29, 1.82) is 0 Å². The van der Waals surface area contributed by atoms with Gasteiger partial charge in [-0.05, 0) is 61.6 Å². The number of carbonyl (C=O) groups excluding carboxylic acids is 1. The van der Waals surface area contributed by atoms with Crippen LogP contribution in [0.2, 0.25) is 0 Å². The summed E-state index contributed by atoms with van der Waals surface area (Å²) in [6, 6.07) is 6.88. The Hall–Kier alpha value is -1.42. The molecule has 23 heavy (non-hydrogen) atoms. The Morgan fingerprint density at radius 2 is 2.04 bits per heavy atom. The van der Waals surface area contributed by atoms with Crippen LogP contribution >= 0.6 is 0 Å². The third-order valence-electron chi connectivity index (χ3n) is 5.17. The Bertz CT molecular complexity index is 520. The number of likely N-dealkylation sites (tertiary alicyclic amines) is 1. The summed E-state index contributed by atoms with van der Waals surface area (Å²) in [4.78, 5) is 14.3. The molecule has 0 saturated carbocycles. The van der Waals surface area contributed by atoms with E-state index in [4.69, 9.17) is 4.74 Å². The van der Waals surface area contributed by atoms with Crippen molar-refractivity contribution in [2.75, 3.05) is 26.3 Å². The van der Waals surface area contributed by atoms with Gasteiger partial charge in [-0.1, -0.05) is 12.1 Å². The molecule has 0 aromatic heterocycles. The molecule has 4 heteroatoms.